The van der Waals surface area contributed by atoms with Crippen LogP contribution in [0.15, 0.2) is 30.0 Å². The number of unbranched alkanes of at least 4 members (excludes halogenated alkanes) is 16. The Bertz CT molecular complexity index is 559. The molecule has 0 aromatic carbocycles. The Morgan fingerprint density at radius 1 is 0.875 bits per heavy atom. The molecule has 1 atom stereocenters. The standard InChI is InChI=1S/C27H49N3O2/c1-2-3-4-5-6-7-8-9-10-11-12-13-14-15-16-17-18-19-20-26-29-22-24-30(26,23-21-28)25-27(31)32/h2,22,24H,1,3-21,23,25,28H2/p+1. The SMILES string of the molecule is C=CCCCCCCCCCCCCCCCCCCC1=NC=C[N+]1(CCN)CC(=O)O. The molecule has 5 heteroatoms. The van der Waals surface area contributed by atoms with Gasteiger partial charge in [-0.2, -0.15) is 0 Å². The minimum Gasteiger partial charge on any atom is -0.477 e. The van der Waals surface area contributed by atoms with Crippen molar-refractivity contribution < 1.29 is 14.4 Å². The Balaban J connectivity index is 1.91. The van der Waals surface area contributed by atoms with Gasteiger partial charge in [0.15, 0.2) is 6.54 Å². The van der Waals surface area contributed by atoms with Gasteiger partial charge in [-0.3, -0.25) is 0 Å². The highest BCUT2D eigenvalue weighted by Crippen LogP contribution is 2.21. The molecule has 0 spiro atoms. The van der Waals surface area contributed by atoms with Crippen LogP contribution in [0.4, 0.5) is 0 Å². The van der Waals surface area contributed by atoms with Crippen molar-refractivity contribution in [1.82, 2.24) is 0 Å². The molecule has 1 aliphatic heterocycles. The molecule has 5 nitrogen and oxygen atoms in total. The predicted molar refractivity (Wildman–Crippen MR) is 137 cm³/mol. The van der Waals surface area contributed by atoms with Crippen molar-refractivity contribution in [2.75, 3.05) is 19.6 Å². The van der Waals surface area contributed by atoms with E-state index >= 15 is 0 Å². The van der Waals surface area contributed by atoms with Crippen LogP contribution in [-0.4, -0.2) is 41.0 Å². The minimum absolute atomic E-state index is 0.0443. The van der Waals surface area contributed by atoms with Crippen LogP contribution in [0.5, 0.6) is 0 Å². The van der Waals surface area contributed by atoms with E-state index in [1.165, 1.54) is 103 Å². The van der Waals surface area contributed by atoms with Crippen molar-refractivity contribution in [2.24, 2.45) is 10.7 Å². The highest BCUT2D eigenvalue weighted by Gasteiger charge is 2.36. The van der Waals surface area contributed by atoms with Gasteiger partial charge in [-0.05, 0) is 19.3 Å². The molecule has 1 unspecified atom stereocenters. The number of hydrogen-bond acceptors (Lipinski definition) is 3. The number of nitrogens with two attached hydrogens (primary N) is 1. The van der Waals surface area contributed by atoms with E-state index in [1.54, 1.807) is 6.20 Å². The van der Waals surface area contributed by atoms with Crippen LogP contribution in [0.2, 0.25) is 0 Å². The van der Waals surface area contributed by atoms with Gasteiger partial charge in [0, 0.05) is 13.0 Å². The number of carbonyl (C=O) groups is 1. The van der Waals surface area contributed by atoms with Crippen LogP contribution < -0.4 is 5.73 Å². The quantitative estimate of drug-likeness (QED) is 0.101. The second kappa shape index (κ2) is 19.0. The molecule has 0 amide bonds. The largest absolute Gasteiger partial charge is 0.477 e. The number of aliphatic imine (C=N–C) groups is 1. The van der Waals surface area contributed by atoms with E-state index in [4.69, 9.17) is 5.73 Å². The number of rotatable bonds is 23. The van der Waals surface area contributed by atoms with Gasteiger partial charge in [-0.15, -0.1) is 6.58 Å². The lowest BCUT2D eigenvalue weighted by Crippen LogP contribution is -2.52. The molecule has 32 heavy (non-hydrogen) atoms. The van der Waals surface area contributed by atoms with Crippen molar-refractivity contribution in [3.05, 3.63) is 25.1 Å². The average molecular weight is 449 g/mol. The van der Waals surface area contributed by atoms with E-state index in [9.17, 15) is 9.90 Å². The summed E-state index contributed by atoms with van der Waals surface area (Å²) in [7, 11) is 0. The maximum absolute atomic E-state index is 11.3. The Morgan fingerprint density at radius 3 is 1.78 bits per heavy atom. The number of amidine groups is 1. The monoisotopic (exact) mass is 448 g/mol. The molecule has 0 aromatic rings. The third-order valence-corrected chi connectivity index (χ3v) is 6.59. The number of allylic oxidation sites excluding steroid dienone is 1. The number of hydrogen-bond donors (Lipinski definition) is 2. The molecule has 0 aliphatic carbocycles. The van der Waals surface area contributed by atoms with Crippen LogP contribution in [0, 0.1) is 0 Å². The van der Waals surface area contributed by atoms with Gasteiger partial charge in [0.05, 0.1) is 6.20 Å². The Labute approximate surface area is 197 Å². The van der Waals surface area contributed by atoms with E-state index in [0.29, 0.717) is 17.6 Å². The van der Waals surface area contributed by atoms with Gasteiger partial charge < -0.3 is 10.8 Å². The van der Waals surface area contributed by atoms with Gasteiger partial charge in [-0.1, -0.05) is 96.0 Å². The van der Waals surface area contributed by atoms with Crippen molar-refractivity contribution in [3.63, 3.8) is 0 Å². The third kappa shape index (κ3) is 13.2. The maximum Gasteiger partial charge on any atom is 0.360 e. The molecule has 0 saturated carbocycles. The first kappa shape index (κ1) is 28.6. The number of nitrogens with zero attached hydrogens (tertiary/aromatic N) is 2. The number of aliphatic carboxylic acids is 1. The summed E-state index contributed by atoms with van der Waals surface area (Å²) in [6.45, 7) is 4.90. The summed E-state index contributed by atoms with van der Waals surface area (Å²) < 4.78 is 0.307. The van der Waals surface area contributed by atoms with Crippen LogP contribution in [-0.2, 0) is 4.79 Å². The van der Waals surface area contributed by atoms with Crippen LogP contribution in [0.1, 0.15) is 116 Å². The summed E-state index contributed by atoms with van der Waals surface area (Å²) >= 11 is 0. The molecule has 1 rings (SSSR count). The Morgan fingerprint density at radius 2 is 1.34 bits per heavy atom. The van der Waals surface area contributed by atoms with Crippen LogP contribution in [0.3, 0.4) is 0 Å². The van der Waals surface area contributed by atoms with Crippen molar-refractivity contribution in [2.45, 2.75) is 116 Å². The Kier molecular flexibility index (Phi) is 17.0. The fourth-order valence-corrected chi connectivity index (χ4v) is 4.68. The van der Waals surface area contributed by atoms with E-state index in [-0.39, 0.29) is 6.54 Å². The van der Waals surface area contributed by atoms with Crippen molar-refractivity contribution >= 4 is 11.8 Å². The zero-order valence-electron chi connectivity index (χ0n) is 20.6. The lowest BCUT2D eigenvalue weighted by Gasteiger charge is -2.30. The smallest absolute Gasteiger partial charge is 0.360 e. The Hall–Kier alpha value is -1.46. The molecule has 3 N–H and O–H groups in total. The van der Waals surface area contributed by atoms with Gasteiger partial charge in [0.25, 0.3) is 0 Å². The normalized spacial score (nSPS) is 17.6. The first-order valence-electron chi connectivity index (χ1n) is 13.3. The molecule has 0 aromatic heterocycles. The van der Waals surface area contributed by atoms with E-state index in [2.05, 4.69) is 11.6 Å². The molecule has 0 fully saturated rings. The minimum atomic E-state index is -0.799. The molecular formula is C27H50N3O2+. The van der Waals surface area contributed by atoms with Crippen LogP contribution >= 0.6 is 0 Å². The molecule has 0 radical (unpaired) electrons. The van der Waals surface area contributed by atoms with E-state index in [0.717, 1.165) is 18.7 Å². The second-order valence-corrected chi connectivity index (χ2v) is 9.43. The zero-order chi connectivity index (χ0) is 23.3. The first-order chi connectivity index (χ1) is 15.6. The average Bonchev–Trinajstić information content (AvgIpc) is 3.14. The zero-order valence-corrected chi connectivity index (χ0v) is 20.6. The number of carboxylic acid groups (broad SMARTS) is 1. The third-order valence-electron chi connectivity index (χ3n) is 6.59. The van der Waals surface area contributed by atoms with Crippen molar-refractivity contribution in [1.29, 1.82) is 0 Å². The van der Waals surface area contributed by atoms with E-state index in [1.807, 2.05) is 12.3 Å². The molecular weight excluding hydrogens is 398 g/mol. The molecule has 1 heterocycles. The fourth-order valence-electron chi connectivity index (χ4n) is 4.68. The van der Waals surface area contributed by atoms with E-state index < -0.39 is 5.97 Å². The lowest BCUT2D eigenvalue weighted by atomic mass is 10.0. The molecule has 1 aliphatic rings. The molecule has 184 valence electrons. The summed E-state index contributed by atoms with van der Waals surface area (Å²) in [6, 6.07) is 0. The summed E-state index contributed by atoms with van der Waals surface area (Å²) in [5, 5.41) is 9.26. The summed E-state index contributed by atoms with van der Waals surface area (Å²) in [5.41, 5.74) is 5.73. The summed E-state index contributed by atoms with van der Waals surface area (Å²) in [5.74, 6) is 0.165. The second-order valence-electron chi connectivity index (χ2n) is 9.43. The highest BCUT2D eigenvalue weighted by atomic mass is 16.4. The predicted octanol–water partition coefficient (Wildman–Crippen LogP) is 6.94. The number of quaternary nitrogens is 1. The number of carboxylic acids is 1. The van der Waals surface area contributed by atoms with Gasteiger partial charge in [0.1, 0.15) is 12.7 Å². The maximum atomic E-state index is 11.3. The van der Waals surface area contributed by atoms with Gasteiger partial charge >= 0.3 is 5.97 Å². The van der Waals surface area contributed by atoms with Gasteiger partial charge in [-0.25, -0.2) is 14.3 Å². The van der Waals surface area contributed by atoms with Gasteiger partial charge in [0.2, 0.25) is 5.84 Å². The van der Waals surface area contributed by atoms with Crippen molar-refractivity contribution in [3.8, 4) is 0 Å². The molecule has 0 saturated heterocycles. The highest BCUT2D eigenvalue weighted by molar-refractivity contribution is 5.81. The fraction of sp³-hybridized carbons (Fsp3) is 0.778. The topological polar surface area (TPSA) is 75.7 Å². The molecule has 0 bridgehead atoms. The summed E-state index contributed by atoms with van der Waals surface area (Å²) in [6.07, 6.45) is 29.2. The first-order valence-corrected chi connectivity index (χ1v) is 13.3. The lowest BCUT2D eigenvalue weighted by molar-refractivity contribution is -0.778. The van der Waals surface area contributed by atoms with Crippen LogP contribution in [0.25, 0.3) is 0 Å². The summed E-state index contributed by atoms with van der Waals surface area (Å²) in [4.78, 5) is 15.7.